The van der Waals surface area contributed by atoms with Gasteiger partial charge in [-0.3, -0.25) is 0 Å². The van der Waals surface area contributed by atoms with E-state index in [2.05, 4.69) is 52.8 Å². The summed E-state index contributed by atoms with van der Waals surface area (Å²) in [6.45, 7) is 11.3. The van der Waals surface area contributed by atoms with E-state index in [1.54, 1.807) is 0 Å². The van der Waals surface area contributed by atoms with Gasteiger partial charge in [0.25, 0.3) is 0 Å². The Hall–Kier alpha value is -0.780. The summed E-state index contributed by atoms with van der Waals surface area (Å²) in [4.78, 5) is 0. The van der Waals surface area contributed by atoms with E-state index in [0.29, 0.717) is 5.92 Å². The van der Waals surface area contributed by atoms with Gasteiger partial charge in [-0.1, -0.05) is 52.8 Å². The fourth-order valence-electron chi connectivity index (χ4n) is 1.75. The molecule has 0 saturated carbocycles. The largest absolute Gasteiger partial charge is 0.0625 e. The molecule has 0 bridgehead atoms. The molecule has 0 amide bonds. The highest BCUT2D eigenvalue weighted by Gasteiger charge is 2.17. The van der Waals surface area contributed by atoms with E-state index in [1.165, 1.54) is 11.1 Å². The van der Waals surface area contributed by atoms with Crippen LogP contribution in [-0.2, 0) is 11.8 Å². The molecule has 0 nitrogen and oxygen atoms in total. The second-order valence-electron chi connectivity index (χ2n) is 5.41. The Bertz CT molecular complexity index is 289. The van der Waals surface area contributed by atoms with Crippen LogP contribution in [0.4, 0.5) is 0 Å². The molecule has 0 unspecified atom stereocenters. The fraction of sp³-hybridized carbons (Fsp3) is 0.571. The number of benzene rings is 1. The fourth-order valence-corrected chi connectivity index (χ4v) is 1.75. The summed E-state index contributed by atoms with van der Waals surface area (Å²) in [5.41, 5.74) is 3.06. The molecule has 14 heavy (non-hydrogen) atoms. The van der Waals surface area contributed by atoms with Crippen LogP contribution < -0.4 is 0 Å². The van der Waals surface area contributed by atoms with Gasteiger partial charge in [-0.15, -0.1) is 0 Å². The van der Waals surface area contributed by atoms with Crippen LogP contribution in [0.25, 0.3) is 0 Å². The summed E-state index contributed by atoms with van der Waals surface area (Å²) in [7, 11) is 0. The molecule has 0 heteroatoms. The van der Waals surface area contributed by atoms with E-state index >= 15 is 0 Å². The van der Waals surface area contributed by atoms with Crippen molar-refractivity contribution >= 4 is 0 Å². The molecule has 0 aliphatic rings. The molecule has 1 aromatic rings. The molecule has 1 radical (unpaired) electrons. The van der Waals surface area contributed by atoms with E-state index in [-0.39, 0.29) is 5.41 Å². The van der Waals surface area contributed by atoms with Crippen LogP contribution >= 0.6 is 0 Å². The summed E-state index contributed by atoms with van der Waals surface area (Å²) in [5.74, 6) is 0.703. The molecule has 1 aromatic carbocycles. The smallest absolute Gasteiger partial charge is 0.0129 e. The molecule has 0 atom stereocenters. The van der Waals surface area contributed by atoms with Gasteiger partial charge in [0.2, 0.25) is 0 Å². The minimum atomic E-state index is 0.238. The molecule has 0 aliphatic carbocycles. The minimum Gasteiger partial charge on any atom is -0.0625 e. The van der Waals surface area contributed by atoms with Gasteiger partial charge >= 0.3 is 0 Å². The van der Waals surface area contributed by atoms with Crippen LogP contribution in [0, 0.1) is 12.0 Å². The third kappa shape index (κ3) is 2.87. The number of rotatable bonds is 2. The van der Waals surface area contributed by atoms with Gasteiger partial charge in [0.1, 0.15) is 0 Å². The molecule has 0 spiro atoms. The Morgan fingerprint density at radius 2 is 1.93 bits per heavy atom. The van der Waals surface area contributed by atoms with Crippen molar-refractivity contribution in [1.82, 2.24) is 0 Å². The topological polar surface area (TPSA) is 0 Å². The van der Waals surface area contributed by atoms with Crippen molar-refractivity contribution in [3.63, 3.8) is 0 Å². The first-order chi connectivity index (χ1) is 6.41. The molecule has 0 aliphatic heterocycles. The first kappa shape index (κ1) is 11.3. The van der Waals surface area contributed by atoms with Gasteiger partial charge < -0.3 is 0 Å². The van der Waals surface area contributed by atoms with E-state index in [1.807, 2.05) is 6.07 Å². The lowest BCUT2D eigenvalue weighted by molar-refractivity contribution is 0.566. The van der Waals surface area contributed by atoms with Crippen LogP contribution in [0.5, 0.6) is 0 Å². The highest BCUT2D eigenvalue weighted by Crippen LogP contribution is 2.26. The summed E-state index contributed by atoms with van der Waals surface area (Å²) in [6, 6.07) is 9.71. The van der Waals surface area contributed by atoms with Crippen LogP contribution in [0.2, 0.25) is 0 Å². The van der Waals surface area contributed by atoms with Crippen molar-refractivity contribution in [2.24, 2.45) is 5.92 Å². The highest BCUT2D eigenvalue weighted by molar-refractivity contribution is 5.32. The van der Waals surface area contributed by atoms with Crippen molar-refractivity contribution in [2.45, 2.75) is 46.5 Å². The van der Waals surface area contributed by atoms with Gasteiger partial charge in [0.15, 0.2) is 0 Å². The predicted octanol–water partition coefficient (Wildman–Crippen LogP) is 3.98. The average molecular weight is 189 g/mol. The standard InChI is InChI=1S/C14H21/c1-11(2)10-12-8-6-7-9-13(12)14(3,4)5/h6-7,9,11H,10H2,1-5H3. The van der Waals surface area contributed by atoms with E-state index in [9.17, 15) is 0 Å². The third-order valence-corrected chi connectivity index (χ3v) is 2.36. The molecule has 0 aromatic heterocycles. The van der Waals surface area contributed by atoms with Crippen molar-refractivity contribution in [3.8, 4) is 0 Å². The second-order valence-corrected chi connectivity index (χ2v) is 5.41. The molecule has 0 N–H and O–H groups in total. The second kappa shape index (κ2) is 4.16. The molecule has 0 heterocycles. The van der Waals surface area contributed by atoms with Crippen LogP contribution in [0.15, 0.2) is 18.2 Å². The third-order valence-electron chi connectivity index (χ3n) is 2.36. The molecular formula is C14H21. The Kier molecular flexibility index (Phi) is 3.36. The monoisotopic (exact) mass is 189 g/mol. The summed E-state index contributed by atoms with van der Waals surface area (Å²) in [6.07, 6.45) is 1.13. The van der Waals surface area contributed by atoms with E-state index in [4.69, 9.17) is 0 Å². The Morgan fingerprint density at radius 3 is 2.43 bits per heavy atom. The summed E-state index contributed by atoms with van der Waals surface area (Å²) in [5, 5.41) is 0. The van der Waals surface area contributed by atoms with Gasteiger partial charge in [0, 0.05) is 0 Å². The highest BCUT2D eigenvalue weighted by atomic mass is 14.2. The zero-order chi connectivity index (χ0) is 10.8. The maximum Gasteiger partial charge on any atom is -0.0129 e. The zero-order valence-corrected chi connectivity index (χ0v) is 10.0. The number of hydrogen-bond donors (Lipinski definition) is 0. The molecule has 1 rings (SSSR count). The van der Waals surface area contributed by atoms with Crippen LogP contribution in [0.3, 0.4) is 0 Å². The Labute approximate surface area is 88.4 Å². The van der Waals surface area contributed by atoms with Crippen LogP contribution in [0.1, 0.15) is 45.7 Å². The lowest BCUT2D eigenvalue weighted by Gasteiger charge is -2.23. The first-order valence-corrected chi connectivity index (χ1v) is 5.41. The summed E-state index contributed by atoms with van der Waals surface area (Å²) < 4.78 is 0. The van der Waals surface area contributed by atoms with Crippen molar-refractivity contribution in [2.75, 3.05) is 0 Å². The molecule has 0 saturated heterocycles. The quantitative estimate of drug-likeness (QED) is 0.660. The van der Waals surface area contributed by atoms with Gasteiger partial charge in [-0.25, -0.2) is 0 Å². The summed E-state index contributed by atoms with van der Waals surface area (Å²) >= 11 is 0. The molecule has 77 valence electrons. The lowest BCUT2D eigenvalue weighted by atomic mass is 9.82. The normalized spacial score (nSPS) is 12.1. The van der Waals surface area contributed by atoms with Crippen molar-refractivity contribution < 1.29 is 0 Å². The lowest BCUT2D eigenvalue weighted by Crippen LogP contribution is -2.15. The van der Waals surface area contributed by atoms with E-state index in [0.717, 1.165) is 6.42 Å². The van der Waals surface area contributed by atoms with E-state index < -0.39 is 0 Å². The number of hydrogen-bond acceptors (Lipinski definition) is 0. The molecular weight excluding hydrogens is 168 g/mol. The van der Waals surface area contributed by atoms with Crippen molar-refractivity contribution in [3.05, 3.63) is 35.4 Å². The van der Waals surface area contributed by atoms with Gasteiger partial charge in [-0.05, 0) is 34.9 Å². The average Bonchev–Trinajstić information content (AvgIpc) is 2.01. The predicted molar refractivity (Wildman–Crippen MR) is 62.5 cm³/mol. The van der Waals surface area contributed by atoms with Crippen molar-refractivity contribution in [1.29, 1.82) is 0 Å². The maximum absolute atomic E-state index is 3.37. The maximum atomic E-state index is 3.37. The Morgan fingerprint density at radius 1 is 1.29 bits per heavy atom. The Balaban J connectivity index is 3.04. The first-order valence-electron chi connectivity index (χ1n) is 5.41. The molecule has 0 fully saturated rings. The SMILES string of the molecule is CC(C)Cc1[c]cccc1C(C)(C)C. The zero-order valence-electron chi connectivity index (χ0n) is 10.0. The minimum absolute atomic E-state index is 0.238. The van der Waals surface area contributed by atoms with Crippen LogP contribution in [-0.4, -0.2) is 0 Å². The van der Waals surface area contributed by atoms with Gasteiger partial charge in [-0.2, -0.15) is 0 Å². The van der Waals surface area contributed by atoms with Gasteiger partial charge in [0.05, 0.1) is 0 Å².